The molecule has 4 atom stereocenters. The predicted octanol–water partition coefficient (Wildman–Crippen LogP) is 4.37. The van der Waals surface area contributed by atoms with E-state index in [1.165, 1.54) is 23.9 Å². The molecule has 6 rings (SSSR count). The third-order valence-corrected chi connectivity index (χ3v) is 7.93. The Labute approximate surface area is 206 Å². The largest absolute Gasteiger partial charge is 0.507 e. The molecule has 2 N–H and O–H groups in total. The lowest BCUT2D eigenvalue weighted by Crippen LogP contribution is -2.57. The summed E-state index contributed by atoms with van der Waals surface area (Å²) in [5.41, 5.74) is 1.61. The highest BCUT2D eigenvalue weighted by Gasteiger charge is 2.48. The molecule has 35 heavy (non-hydrogen) atoms. The molecule has 4 heterocycles. The fraction of sp³-hybridized carbons (Fsp3) is 0.440. The van der Waals surface area contributed by atoms with Gasteiger partial charge in [0.1, 0.15) is 16.9 Å². The zero-order valence-corrected chi connectivity index (χ0v) is 20.1. The van der Waals surface area contributed by atoms with Crippen LogP contribution in [0.15, 0.2) is 41.7 Å². The first-order chi connectivity index (χ1) is 17.0. The van der Waals surface area contributed by atoms with Crippen molar-refractivity contribution in [2.45, 2.75) is 67.5 Å². The Balaban J connectivity index is 1.25. The lowest BCUT2D eigenvalue weighted by atomic mass is 9.96. The minimum Gasteiger partial charge on any atom is -0.507 e. The molecule has 0 spiro atoms. The topological polar surface area (TPSA) is 87.1 Å². The summed E-state index contributed by atoms with van der Waals surface area (Å²) >= 11 is 1.24. The maximum atomic E-state index is 15.3. The van der Waals surface area contributed by atoms with Gasteiger partial charge in [-0.05, 0) is 62.1 Å². The highest BCUT2D eigenvalue weighted by Crippen LogP contribution is 2.40. The Bertz CT molecular complexity index is 1240. The molecule has 0 amide bonds. The van der Waals surface area contributed by atoms with Gasteiger partial charge in [0.25, 0.3) is 0 Å². The number of hydrogen-bond donors (Lipinski definition) is 2. The standard InChI is InChI=1S/C25H26F2N6OS/c1-35-25-18(26)8-14(11-29-25)13-2-6-17(21(34)9-13)24-28-12-22(31-32-24)33(16-4-5-16)20-10-15-3-7-19(30-15)23(20)27/h2,6,8-9,11-12,15-16,19-20,23,30,34H,3-5,7,10H2,1H3/t15-,19+,20-,23+/m0/s1. The van der Waals surface area contributed by atoms with E-state index in [2.05, 4.69) is 30.4 Å². The number of benzene rings is 1. The highest BCUT2D eigenvalue weighted by molar-refractivity contribution is 7.98. The Kier molecular flexibility index (Phi) is 5.80. The monoisotopic (exact) mass is 496 g/mol. The number of rotatable bonds is 6. The molecule has 2 aliphatic heterocycles. The molecule has 3 fully saturated rings. The van der Waals surface area contributed by atoms with Crippen molar-refractivity contribution in [1.82, 2.24) is 25.5 Å². The Morgan fingerprint density at radius 1 is 1.06 bits per heavy atom. The van der Waals surface area contributed by atoms with Crippen molar-refractivity contribution in [2.75, 3.05) is 11.2 Å². The molecule has 0 radical (unpaired) electrons. The zero-order valence-electron chi connectivity index (χ0n) is 19.2. The van der Waals surface area contributed by atoms with Gasteiger partial charge in [0, 0.05) is 29.9 Å². The van der Waals surface area contributed by atoms with Crippen LogP contribution in [0.1, 0.15) is 32.1 Å². The molecule has 1 aliphatic carbocycles. The van der Waals surface area contributed by atoms with Gasteiger partial charge in [-0.15, -0.1) is 22.0 Å². The van der Waals surface area contributed by atoms with Crippen LogP contribution in [-0.2, 0) is 0 Å². The number of nitrogens with one attached hydrogen (secondary N) is 1. The maximum Gasteiger partial charge on any atom is 0.185 e. The lowest BCUT2D eigenvalue weighted by Gasteiger charge is -2.40. The average Bonchev–Trinajstić information content (AvgIpc) is 3.62. The van der Waals surface area contributed by atoms with Crippen LogP contribution in [0, 0.1) is 5.82 Å². The van der Waals surface area contributed by atoms with Crippen molar-refractivity contribution in [1.29, 1.82) is 0 Å². The van der Waals surface area contributed by atoms with Crippen molar-refractivity contribution in [3.8, 4) is 28.3 Å². The van der Waals surface area contributed by atoms with Crippen molar-refractivity contribution in [2.24, 2.45) is 0 Å². The summed E-state index contributed by atoms with van der Waals surface area (Å²) in [5, 5.41) is 23.1. The number of anilines is 1. The molecule has 2 saturated heterocycles. The minimum atomic E-state index is -0.947. The van der Waals surface area contributed by atoms with Gasteiger partial charge >= 0.3 is 0 Å². The van der Waals surface area contributed by atoms with Gasteiger partial charge in [-0.3, -0.25) is 0 Å². The molecule has 2 aromatic heterocycles. The van der Waals surface area contributed by atoms with E-state index in [4.69, 9.17) is 0 Å². The molecule has 1 aromatic carbocycles. The van der Waals surface area contributed by atoms with E-state index in [9.17, 15) is 9.50 Å². The van der Waals surface area contributed by atoms with E-state index in [0.717, 1.165) is 32.1 Å². The Morgan fingerprint density at radius 2 is 1.91 bits per heavy atom. The summed E-state index contributed by atoms with van der Waals surface area (Å²) in [4.78, 5) is 10.7. The summed E-state index contributed by atoms with van der Waals surface area (Å²) in [6.07, 6.45) is 8.71. The normalized spacial score (nSPS) is 25.6. The van der Waals surface area contributed by atoms with Gasteiger partial charge in [-0.25, -0.2) is 18.7 Å². The summed E-state index contributed by atoms with van der Waals surface area (Å²) < 4.78 is 29.4. The first kappa shape index (κ1) is 22.6. The van der Waals surface area contributed by atoms with E-state index in [-0.39, 0.29) is 29.7 Å². The van der Waals surface area contributed by atoms with Crippen molar-refractivity contribution < 1.29 is 13.9 Å². The molecular weight excluding hydrogens is 470 g/mol. The van der Waals surface area contributed by atoms with Gasteiger partial charge < -0.3 is 15.3 Å². The molecule has 0 unspecified atom stereocenters. The van der Waals surface area contributed by atoms with Crippen LogP contribution in [-0.4, -0.2) is 61.9 Å². The second-order valence-electron chi connectivity index (χ2n) is 9.52. The molecule has 2 bridgehead atoms. The molecular formula is C25H26F2N6OS. The van der Waals surface area contributed by atoms with Crippen molar-refractivity contribution >= 4 is 17.6 Å². The van der Waals surface area contributed by atoms with E-state index >= 15 is 4.39 Å². The molecule has 3 aliphatic rings. The second kappa shape index (κ2) is 8.98. The number of phenolic OH excluding ortho intramolecular Hbond substituents is 1. The number of thioether (sulfide) groups is 1. The lowest BCUT2D eigenvalue weighted by molar-refractivity contribution is 0.171. The molecule has 1 saturated carbocycles. The van der Waals surface area contributed by atoms with Gasteiger partial charge in [-0.2, -0.15) is 0 Å². The van der Waals surface area contributed by atoms with Gasteiger partial charge in [0.15, 0.2) is 17.5 Å². The SMILES string of the molecule is CSc1ncc(-c2ccc(-c3ncc(N(C4CC4)[C@H]4C[C@@H]5CC[C@@H](N5)[C@H]4F)nn3)c(O)c2)cc1F. The molecule has 3 aromatic rings. The predicted molar refractivity (Wildman–Crippen MR) is 131 cm³/mol. The third kappa shape index (κ3) is 4.23. The summed E-state index contributed by atoms with van der Waals surface area (Å²) in [6, 6.07) is 6.71. The number of pyridine rings is 1. The van der Waals surface area contributed by atoms with Crippen molar-refractivity contribution in [3.63, 3.8) is 0 Å². The van der Waals surface area contributed by atoms with Crippen LogP contribution in [0.2, 0.25) is 0 Å². The van der Waals surface area contributed by atoms with Crippen LogP contribution in [0.4, 0.5) is 14.6 Å². The minimum absolute atomic E-state index is 0.0378. The second-order valence-corrected chi connectivity index (χ2v) is 10.3. The van der Waals surface area contributed by atoms with E-state index < -0.39 is 12.0 Å². The average molecular weight is 497 g/mol. The van der Waals surface area contributed by atoms with E-state index in [1.54, 1.807) is 30.8 Å². The van der Waals surface area contributed by atoms with Crippen LogP contribution < -0.4 is 10.2 Å². The number of hydrogen-bond acceptors (Lipinski definition) is 8. The number of nitrogens with zero attached hydrogens (tertiary/aromatic N) is 5. The zero-order chi connectivity index (χ0) is 24.1. The van der Waals surface area contributed by atoms with E-state index in [0.29, 0.717) is 33.6 Å². The van der Waals surface area contributed by atoms with E-state index in [1.807, 2.05) is 0 Å². The molecule has 10 heteroatoms. The number of aromatic nitrogens is 4. The highest BCUT2D eigenvalue weighted by atomic mass is 32.2. The van der Waals surface area contributed by atoms with Crippen molar-refractivity contribution in [3.05, 3.63) is 42.5 Å². The number of fused-ring (bicyclic) bond motifs is 2. The summed E-state index contributed by atoms with van der Waals surface area (Å²) in [7, 11) is 0. The Hall–Kier alpha value is -2.85. The first-order valence-electron chi connectivity index (χ1n) is 11.9. The maximum absolute atomic E-state index is 15.3. The molecule has 7 nitrogen and oxygen atoms in total. The smallest absolute Gasteiger partial charge is 0.185 e. The third-order valence-electron chi connectivity index (χ3n) is 7.24. The number of aromatic hydroxyl groups is 1. The van der Waals surface area contributed by atoms with Gasteiger partial charge in [0.2, 0.25) is 0 Å². The van der Waals surface area contributed by atoms with Crippen LogP contribution in [0.25, 0.3) is 22.5 Å². The first-order valence-corrected chi connectivity index (χ1v) is 13.2. The molecule has 182 valence electrons. The number of piperidine rings is 1. The summed E-state index contributed by atoms with van der Waals surface area (Å²) in [5.74, 6) is 0.415. The quantitative estimate of drug-likeness (QED) is 0.487. The van der Waals surface area contributed by atoms with Gasteiger partial charge in [-0.1, -0.05) is 6.07 Å². The number of phenols is 1. The van der Waals surface area contributed by atoms with Crippen LogP contribution in [0.5, 0.6) is 5.75 Å². The number of alkyl halides is 1. The fourth-order valence-electron chi connectivity index (χ4n) is 5.37. The van der Waals surface area contributed by atoms with Gasteiger partial charge in [0.05, 0.1) is 17.8 Å². The summed E-state index contributed by atoms with van der Waals surface area (Å²) in [6.45, 7) is 0. The van der Waals surface area contributed by atoms with Crippen LogP contribution in [0.3, 0.4) is 0 Å². The number of halogens is 2. The van der Waals surface area contributed by atoms with Crippen LogP contribution >= 0.6 is 11.8 Å². The Morgan fingerprint density at radius 3 is 2.60 bits per heavy atom. The fourth-order valence-corrected chi connectivity index (χ4v) is 5.78.